The Balaban J connectivity index is 1.86. The van der Waals surface area contributed by atoms with Crippen LogP contribution in [0.1, 0.15) is 50.5 Å². The van der Waals surface area contributed by atoms with Gasteiger partial charge < -0.3 is 4.74 Å². The lowest BCUT2D eigenvalue weighted by molar-refractivity contribution is 0.252. The average Bonchev–Trinajstić information content (AvgIpc) is 2.49. The predicted octanol–water partition coefficient (Wildman–Crippen LogP) is 5.68. The first kappa shape index (κ1) is 16.6. The van der Waals surface area contributed by atoms with Crippen molar-refractivity contribution in [2.24, 2.45) is 0 Å². The van der Waals surface area contributed by atoms with Gasteiger partial charge in [0.25, 0.3) is 0 Å². The first-order valence-electron chi connectivity index (χ1n) is 7.85. The predicted molar refractivity (Wildman–Crippen MR) is 87.8 cm³/mol. The summed E-state index contributed by atoms with van der Waals surface area (Å²) in [5.41, 5.74) is 1.33. The topological polar surface area (TPSA) is 9.23 Å². The Morgan fingerprint density at radius 3 is 2.35 bits per heavy atom. The minimum atomic E-state index is 0.766. The van der Waals surface area contributed by atoms with E-state index in [0.717, 1.165) is 25.9 Å². The van der Waals surface area contributed by atoms with Crippen LogP contribution in [0.2, 0.25) is 0 Å². The van der Waals surface area contributed by atoms with Crippen LogP contribution in [0.25, 0.3) is 0 Å². The van der Waals surface area contributed by atoms with E-state index < -0.39 is 0 Å². The summed E-state index contributed by atoms with van der Waals surface area (Å²) in [6, 6.07) is 10.5. The molecule has 0 spiro atoms. The molecule has 0 heterocycles. The summed E-state index contributed by atoms with van der Waals surface area (Å²) >= 11 is 0. The van der Waals surface area contributed by atoms with Crippen molar-refractivity contribution in [3.05, 3.63) is 60.9 Å². The molecular weight excluding hydrogens is 244 g/mol. The molecule has 1 aromatic rings. The summed E-state index contributed by atoms with van der Waals surface area (Å²) in [5, 5.41) is 0. The van der Waals surface area contributed by atoms with Gasteiger partial charge in [-0.2, -0.15) is 0 Å². The first-order chi connectivity index (χ1) is 9.93. The van der Waals surface area contributed by atoms with Crippen molar-refractivity contribution in [3.63, 3.8) is 0 Å². The van der Waals surface area contributed by atoms with Crippen LogP contribution < -0.4 is 0 Å². The van der Waals surface area contributed by atoms with Crippen LogP contribution in [0.5, 0.6) is 0 Å². The Labute approximate surface area is 124 Å². The highest BCUT2D eigenvalue weighted by molar-refractivity contribution is 5.14. The number of unbranched alkanes of at least 4 members (excludes halogenated alkanes) is 6. The standard InChI is InChI=1S/C19H28O/c1-2-3-4-5-6-7-8-9-13-17-20-18-16-19-14-11-10-12-15-19/h2,10-15,17H,1,3-9,16,18H2. The van der Waals surface area contributed by atoms with Crippen molar-refractivity contribution in [2.75, 3.05) is 6.61 Å². The molecule has 20 heavy (non-hydrogen) atoms. The summed E-state index contributed by atoms with van der Waals surface area (Å²) in [6.45, 7) is 4.51. The molecule has 0 atom stereocenters. The molecule has 1 nitrogen and oxygen atoms in total. The Morgan fingerprint density at radius 2 is 1.60 bits per heavy atom. The average molecular weight is 272 g/mol. The third-order valence-electron chi connectivity index (χ3n) is 3.32. The lowest BCUT2D eigenvalue weighted by atomic mass is 10.1. The molecule has 0 aromatic heterocycles. The zero-order chi connectivity index (χ0) is 14.3. The second kappa shape index (κ2) is 12.5. The van der Waals surface area contributed by atoms with Crippen molar-refractivity contribution < 1.29 is 4.74 Å². The number of allylic oxidation sites excluding steroid dienone is 2. The minimum Gasteiger partial charge on any atom is -0.501 e. The number of benzene rings is 1. The van der Waals surface area contributed by atoms with Crippen LogP contribution >= 0.6 is 0 Å². The monoisotopic (exact) mass is 272 g/mol. The maximum atomic E-state index is 5.51. The van der Waals surface area contributed by atoms with Crippen molar-refractivity contribution >= 4 is 0 Å². The van der Waals surface area contributed by atoms with E-state index in [1.54, 1.807) is 0 Å². The molecule has 0 N–H and O–H groups in total. The van der Waals surface area contributed by atoms with Gasteiger partial charge >= 0.3 is 0 Å². The smallest absolute Gasteiger partial charge is 0.0913 e. The lowest BCUT2D eigenvalue weighted by Gasteiger charge is -2.01. The van der Waals surface area contributed by atoms with E-state index in [4.69, 9.17) is 4.74 Å². The van der Waals surface area contributed by atoms with Crippen molar-refractivity contribution in [3.8, 4) is 0 Å². The van der Waals surface area contributed by atoms with Crippen molar-refractivity contribution in [1.82, 2.24) is 0 Å². The van der Waals surface area contributed by atoms with Gasteiger partial charge in [0, 0.05) is 6.42 Å². The number of hydrogen-bond acceptors (Lipinski definition) is 1. The molecule has 0 fully saturated rings. The Bertz CT molecular complexity index is 353. The summed E-state index contributed by atoms with van der Waals surface area (Å²) in [5.74, 6) is 0. The second-order valence-electron chi connectivity index (χ2n) is 5.11. The zero-order valence-corrected chi connectivity index (χ0v) is 12.6. The Morgan fingerprint density at radius 1 is 0.900 bits per heavy atom. The van der Waals surface area contributed by atoms with Crippen molar-refractivity contribution in [2.45, 2.75) is 51.4 Å². The van der Waals surface area contributed by atoms with Crippen LogP contribution in [0.3, 0.4) is 0 Å². The normalized spacial score (nSPS) is 10.8. The largest absolute Gasteiger partial charge is 0.501 e. The van der Waals surface area contributed by atoms with Gasteiger partial charge in [0.05, 0.1) is 12.9 Å². The van der Waals surface area contributed by atoms with Crippen molar-refractivity contribution in [1.29, 1.82) is 0 Å². The molecule has 0 aliphatic rings. The Hall–Kier alpha value is -1.50. The maximum Gasteiger partial charge on any atom is 0.0913 e. The molecule has 0 unspecified atom stereocenters. The van der Waals surface area contributed by atoms with Gasteiger partial charge in [-0.25, -0.2) is 0 Å². The fraction of sp³-hybridized carbons (Fsp3) is 0.474. The van der Waals surface area contributed by atoms with Gasteiger partial charge in [-0.1, -0.05) is 55.7 Å². The third-order valence-corrected chi connectivity index (χ3v) is 3.32. The molecule has 1 aromatic carbocycles. The van der Waals surface area contributed by atoms with E-state index in [0.29, 0.717) is 0 Å². The molecule has 0 aliphatic carbocycles. The summed E-state index contributed by atoms with van der Waals surface area (Å²) in [7, 11) is 0. The van der Waals surface area contributed by atoms with E-state index in [-0.39, 0.29) is 0 Å². The minimum absolute atomic E-state index is 0.766. The zero-order valence-electron chi connectivity index (χ0n) is 12.6. The van der Waals surface area contributed by atoms with Gasteiger partial charge in [0.2, 0.25) is 0 Å². The van der Waals surface area contributed by atoms with Gasteiger partial charge in [0.1, 0.15) is 0 Å². The lowest BCUT2D eigenvalue weighted by Crippen LogP contribution is -1.93. The fourth-order valence-corrected chi connectivity index (χ4v) is 2.11. The van der Waals surface area contributed by atoms with Gasteiger partial charge in [-0.05, 0) is 37.3 Å². The second-order valence-corrected chi connectivity index (χ2v) is 5.11. The van der Waals surface area contributed by atoms with Crippen LogP contribution in [0.15, 0.2) is 55.3 Å². The van der Waals surface area contributed by atoms with Gasteiger partial charge in [0.15, 0.2) is 0 Å². The van der Waals surface area contributed by atoms with E-state index in [9.17, 15) is 0 Å². The molecule has 0 aliphatic heterocycles. The quantitative estimate of drug-likeness (QED) is 0.270. The third kappa shape index (κ3) is 9.43. The number of rotatable bonds is 12. The van der Waals surface area contributed by atoms with E-state index in [1.807, 2.05) is 18.4 Å². The van der Waals surface area contributed by atoms with E-state index in [1.165, 1.54) is 37.7 Å². The molecule has 110 valence electrons. The number of ether oxygens (including phenoxy) is 1. The van der Waals surface area contributed by atoms with Crippen LogP contribution in [0.4, 0.5) is 0 Å². The molecule has 1 heteroatoms. The molecular formula is C19H28O. The molecule has 0 amide bonds. The molecule has 1 rings (SSSR count). The molecule has 0 bridgehead atoms. The highest BCUT2D eigenvalue weighted by Gasteiger charge is 1.90. The van der Waals surface area contributed by atoms with E-state index >= 15 is 0 Å². The van der Waals surface area contributed by atoms with Crippen LogP contribution in [0, 0.1) is 0 Å². The fourth-order valence-electron chi connectivity index (χ4n) is 2.11. The summed E-state index contributed by atoms with van der Waals surface area (Å²) in [4.78, 5) is 0. The highest BCUT2D eigenvalue weighted by atomic mass is 16.5. The van der Waals surface area contributed by atoms with Crippen LogP contribution in [-0.4, -0.2) is 6.61 Å². The molecule has 0 saturated carbocycles. The highest BCUT2D eigenvalue weighted by Crippen LogP contribution is 2.07. The Kier molecular flexibility index (Phi) is 10.4. The van der Waals surface area contributed by atoms with Crippen LogP contribution in [-0.2, 0) is 11.2 Å². The molecule has 0 radical (unpaired) electrons. The number of hydrogen-bond donors (Lipinski definition) is 0. The summed E-state index contributed by atoms with van der Waals surface area (Å²) in [6.07, 6.45) is 15.9. The maximum absolute atomic E-state index is 5.51. The van der Waals surface area contributed by atoms with Gasteiger partial charge in [-0.15, -0.1) is 6.58 Å². The van der Waals surface area contributed by atoms with E-state index in [2.05, 4.69) is 36.9 Å². The molecule has 0 saturated heterocycles. The SMILES string of the molecule is C=CCCCCCCCC=COCCc1ccccc1. The first-order valence-corrected chi connectivity index (χ1v) is 7.85. The summed E-state index contributed by atoms with van der Waals surface area (Å²) < 4.78 is 5.51. The van der Waals surface area contributed by atoms with Gasteiger partial charge in [-0.3, -0.25) is 0 Å².